The summed E-state index contributed by atoms with van der Waals surface area (Å²) in [5.41, 5.74) is 0. The second-order valence-electron chi connectivity index (χ2n) is 0. The van der Waals surface area contributed by atoms with Gasteiger partial charge in [0.1, 0.15) is 0 Å². The van der Waals surface area contributed by atoms with E-state index in [1.165, 1.54) is 0 Å². The van der Waals surface area contributed by atoms with Crippen molar-refractivity contribution in [3.05, 3.63) is 0 Å². The Balaban J connectivity index is 0. The van der Waals surface area contributed by atoms with Gasteiger partial charge >= 0.3 is 23.1 Å². The molecule has 0 unspecified atom stereocenters. The second-order valence-corrected chi connectivity index (χ2v) is 0. The Morgan fingerprint density at radius 3 is 1.00 bits per heavy atom. The van der Waals surface area contributed by atoms with E-state index in [0.717, 1.165) is 0 Å². The number of rotatable bonds is 0. The van der Waals surface area contributed by atoms with E-state index in [1.807, 2.05) is 0 Å². The minimum atomic E-state index is 0. The molecule has 0 fully saturated rings. The van der Waals surface area contributed by atoms with Crippen molar-refractivity contribution in [2.24, 2.45) is 0 Å². The Morgan fingerprint density at radius 1 is 1.00 bits per heavy atom. The van der Waals surface area contributed by atoms with Crippen LogP contribution < -0.4 is 0 Å². The molecule has 0 heterocycles. The van der Waals surface area contributed by atoms with Gasteiger partial charge in [0, 0.05) is 84.8 Å². The van der Waals surface area contributed by atoms with Crippen LogP contribution in [0.5, 0.6) is 0 Å². The fourth-order valence-corrected chi connectivity index (χ4v) is 0. The van der Waals surface area contributed by atoms with Gasteiger partial charge in [-0.15, -0.1) is 0 Å². The van der Waals surface area contributed by atoms with E-state index in [9.17, 15) is 0 Å². The van der Waals surface area contributed by atoms with Gasteiger partial charge in [0.15, 0.2) is 0 Å². The number of hydrogen-bond donors (Lipinski definition) is 0. The zero-order chi connectivity index (χ0) is 0. The molecule has 2 radical (unpaired) electrons. The molecule has 6 heavy (non-hydrogen) atoms. The molecular weight excluding hydrogens is 305 g/mol. The van der Waals surface area contributed by atoms with Crippen LogP contribution in [-0.4, -0.2) is 23.1 Å². The van der Waals surface area contributed by atoms with Gasteiger partial charge in [-0.3, -0.25) is 0 Å². The maximum atomic E-state index is 0. The summed E-state index contributed by atoms with van der Waals surface area (Å²) < 4.78 is 0. The third kappa shape index (κ3) is 26.5. The summed E-state index contributed by atoms with van der Waals surface area (Å²) in [5, 5.41) is 0. The predicted molar refractivity (Wildman–Crippen MR) is 8.54 cm³/mol. The van der Waals surface area contributed by atoms with Crippen molar-refractivity contribution in [3.63, 3.8) is 0 Å². The Kier molecular flexibility index (Phi) is 391. The third-order valence-corrected chi connectivity index (χ3v) is 0. The zero-order valence-electron chi connectivity index (χ0n) is 1.79. The van der Waals surface area contributed by atoms with Crippen LogP contribution in [0.1, 0.15) is 0 Å². The molecule has 0 aromatic carbocycles. The van der Waals surface area contributed by atoms with Gasteiger partial charge in [0.25, 0.3) is 0 Å². The van der Waals surface area contributed by atoms with Gasteiger partial charge in [0.05, 0.1) is 0 Å². The average Bonchev–Trinajstić information content (AvgIpc) is 0. The van der Waals surface area contributed by atoms with E-state index >= 15 is 0 Å². The smallest absolute Gasteiger partial charge is 0 e. The van der Waals surface area contributed by atoms with Gasteiger partial charge in [-0.2, -0.15) is 0 Å². The molecule has 0 saturated carbocycles. The summed E-state index contributed by atoms with van der Waals surface area (Å²) in [7, 11) is 0. The molecule has 6 heteroatoms. The van der Waals surface area contributed by atoms with Crippen LogP contribution in [0, 0.1) is 0 Å². The van der Waals surface area contributed by atoms with E-state index in [0.29, 0.717) is 0 Å². The minimum Gasteiger partial charge on any atom is 0 e. The van der Waals surface area contributed by atoms with Crippen LogP contribution in [0.15, 0.2) is 0 Å². The molecule has 0 saturated heterocycles. The molecule has 0 aromatic heterocycles. The van der Waals surface area contributed by atoms with Crippen molar-refractivity contribution in [2.75, 3.05) is 0 Å². The molecule has 0 N–H and O–H groups in total. The Hall–Kier alpha value is 3.34. The van der Waals surface area contributed by atoms with Crippen LogP contribution in [0.2, 0.25) is 0 Å². The van der Waals surface area contributed by atoms with Crippen LogP contribution >= 0.6 is 0 Å². The van der Waals surface area contributed by atoms with E-state index in [4.69, 9.17) is 0 Å². The molecule has 0 nitrogen and oxygen atoms in total. The van der Waals surface area contributed by atoms with Crippen molar-refractivity contribution >= 4 is 23.1 Å². The third-order valence-electron chi connectivity index (χ3n) is 0. The molecule has 0 bridgehead atoms. The van der Waals surface area contributed by atoms with Gasteiger partial charge in [0.2, 0.25) is 0 Å². The summed E-state index contributed by atoms with van der Waals surface area (Å²) in [6, 6.07) is 0. The maximum absolute atomic E-state index is 0. The molecular formula is H2CoCrFeMgMnNi. The summed E-state index contributed by atoms with van der Waals surface area (Å²) >= 11 is 0. The molecule has 0 amide bonds. The molecule has 44 valence electrons. The first-order valence-corrected chi connectivity index (χ1v) is 0. The molecule has 0 rings (SSSR count). The first kappa shape index (κ1) is 58.3. The fraction of sp³-hybridized carbons (Fsp3) is 0. The predicted octanol–water partition coefficient (Wildman–Crippen LogP) is -0.929. The van der Waals surface area contributed by atoms with E-state index in [-0.39, 0.29) is 108 Å². The van der Waals surface area contributed by atoms with Crippen molar-refractivity contribution < 1.29 is 84.8 Å². The molecule has 0 atom stereocenters. The molecule has 0 spiro atoms. The largest absolute Gasteiger partial charge is 0.316 e. The SMILES string of the molecule is [Co].[Cr].[Fe].[MgH2].[Mn].[Ni]. The van der Waals surface area contributed by atoms with Crippen molar-refractivity contribution in [2.45, 2.75) is 0 Å². The fourth-order valence-electron chi connectivity index (χ4n) is 0. The Bertz CT molecular complexity index is 15.5. The summed E-state index contributed by atoms with van der Waals surface area (Å²) in [6.07, 6.45) is 0. The van der Waals surface area contributed by atoms with Gasteiger partial charge in [-0.25, -0.2) is 0 Å². The van der Waals surface area contributed by atoms with Crippen molar-refractivity contribution in [1.82, 2.24) is 0 Å². The summed E-state index contributed by atoms with van der Waals surface area (Å²) in [4.78, 5) is 0. The first-order chi connectivity index (χ1) is 0. The van der Waals surface area contributed by atoms with Crippen molar-refractivity contribution in [3.8, 4) is 0 Å². The quantitative estimate of drug-likeness (QED) is 0.508. The second kappa shape index (κ2) is 40.3. The Labute approximate surface area is 106 Å². The van der Waals surface area contributed by atoms with Crippen LogP contribution in [-0.2, 0) is 84.8 Å². The van der Waals surface area contributed by atoms with Crippen LogP contribution in [0.4, 0.5) is 0 Å². The topological polar surface area (TPSA) is 0 Å². The normalized spacial score (nSPS) is 0. The van der Waals surface area contributed by atoms with E-state index in [1.54, 1.807) is 0 Å². The monoisotopic (exact) mass is 306 g/mol. The maximum Gasteiger partial charge on any atom is 0.316 e. The summed E-state index contributed by atoms with van der Waals surface area (Å²) in [5.74, 6) is 0. The number of hydrogen-bond acceptors (Lipinski definition) is 0. The molecule has 0 aliphatic carbocycles. The standard InChI is InChI=1S/Co.Cr.Fe.Mg.Mn.Ni.2H. The van der Waals surface area contributed by atoms with Gasteiger partial charge in [-0.05, 0) is 0 Å². The van der Waals surface area contributed by atoms with Crippen LogP contribution in [0.25, 0.3) is 0 Å². The average molecular weight is 307 g/mol. The molecule has 0 aliphatic heterocycles. The first-order valence-electron chi connectivity index (χ1n) is 0. The van der Waals surface area contributed by atoms with Crippen molar-refractivity contribution in [1.29, 1.82) is 0 Å². The Morgan fingerprint density at radius 2 is 1.00 bits per heavy atom. The van der Waals surface area contributed by atoms with E-state index in [2.05, 4.69) is 0 Å². The molecule has 0 aliphatic rings. The van der Waals surface area contributed by atoms with Gasteiger partial charge in [-0.1, -0.05) is 0 Å². The minimum absolute atomic E-state index is 0. The van der Waals surface area contributed by atoms with Gasteiger partial charge < -0.3 is 0 Å². The zero-order valence-corrected chi connectivity index (χ0v) is 7.38. The molecule has 0 aromatic rings. The van der Waals surface area contributed by atoms with E-state index < -0.39 is 0 Å². The summed E-state index contributed by atoms with van der Waals surface area (Å²) in [6.45, 7) is 0. The van der Waals surface area contributed by atoms with Crippen LogP contribution in [0.3, 0.4) is 0 Å².